The molecule has 154 valence electrons. The van der Waals surface area contributed by atoms with Crippen LogP contribution in [0.1, 0.15) is 61.3 Å². The number of Topliss-reactive ketones (excluding diaryl/α,β-unsaturated/α-hetero) is 2. The number of carbonyl (C=O) groups is 2. The average molecular weight is 411 g/mol. The fourth-order valence-electron chi connectivity index (χ4n) is 4.38. The summed E-state index contributed by atoms with van der Waals surface area (Å²) in [6, 6.07) is 11.4. The molecule has 0 aliphatic heterocycles. The number of hydrogen-bond donors (Lipinski definition) is 1. The van der Waals surface area contributed by atoms with E-state index in [2.05, 4.69) is 32.9 Å². The average Bonchev–Trinajstić information content (AvgIpc) is 2.69. The topological polar surface area (TPSA) is 54.4 Å². The molecule has 4 heteroatoms. The van der Waals surface area contributed by atoms with E-state index in [0.29, 0.717) is 12.8 Å². The van der Waals surface area contributed by atoms with Gasteiger partial charge in [-0.05, 0) is 78.8 Å². The zero-order valence-corrected chi connectivity index (χ0v) is 18.3. The molecule has 0 radical (unpaired) electrons. The van der Waals surface area contributed by atoms with Crippen LogP contribution in [0, 0.1) is 12.8 Å². The fraction of sp³-hybridized carbons (Fsp3) is 0.440. The van der Waals surface area contributed by atoms with Gasteiger partial charge in [0.2, 0.25) is 0 Å². The molecule has 0 heterocycles. The summed E-state index contributed by atoms with van der Waals surface area (Å²) in [7, 11) is 0. The molecule has 1 N–H and O–H groups in total. The molecule has 0 aromatic heterocycles. The second kappa shape index (κ2) is 9.62. The van der Waals surface area contributed by atoms with E-state index in [4.69, 9.17) is 0 Å². The minimum atomic E-state index is -0.568. The minimum absolute atomic E-state index is 0.0918. The first kappa shape index (κ1) is 21.6. The second-order valence-corrected chi connectivity index (χ2v) is 9.14. The van der Waals surface area contributed by atoms with Gasteiger partial charge in [-0.25, -0.2) is 0 Å². The Morgan fingerprint density at radius 1 is 0.966 bits per heavy atom. The minimum Gasteiger partial charge on any atom is -0.508 e. The maximum atomic E-state index is 13.1. The summed E-state index contributed by atoms with van der Waals surface area (Å²) in [5.74, 6) is 0.880. The van der Waals surface area contributed by atoms with Crippen LogP contribution in [-0.4, -0.2) is 22.4 Å². The molecule has 0 unspecified atom stereocenters. The number of phenols is 1. The van der Waals surface area contributed by atoms with Crippen LogP contribution < -0.4 is 0 Å². The summed E-state index contributed by atoms with van der Waals surface area (Å²) >= 11 is 1.70. The van der Waals surface area contributed by atoms with Crippen molar-refractivity contribution in [3.8, 4) is 5.75 Å². The number of aromatic hydroxyl groups is 1. The van der Waals surface area contributed by atoms with Crippen LogP contribution in [0.25, 0.3) is 0 Å². The van der Waals surface area contributed by atoms with E-state index in [1.165, 1.54) is 5.56 Å². The number of benzene rings is 2. The Morgan fingerprint density at radius 2 is 1.52 bits per heavy atom. The molecule has 0 bridgehead atoms. The summed E-state index contributed by atoms with van der Waals surface area (Å²) in [5, 5.41) is 9.37. The lowest BCUT2D eigenvalue weighted by atomic mass is 9.73. The summed E-state index contributed by atoms with van der Waals surface area (Å²) < 4.78 is 0. The number of thioether (sulfide) groups is 1. The number of ketones is 2. The third kappa shape index (κ3) is 5.11. The van der Waals surface area contributed by atoms with Crippen molar-refractivity contribution in [2.24, 2.45) is 5.92 Å². The Hall–Kier alpha value is -2.07. The van der Waals surface area contributed by atoms with Crippen molar-refractivity contribution in [2.75, 3.05) is 5.75 Å². The van der Waals surface area contributed by atoms with E-state index < -0.39 is 5.92 Å². The zero-order chi connectivity index (χ0) is 21.0. The van der Waals surface area contributed by atoms with Gasteiger partial charge in [-0.15, -0.1) is 11.8 Å². The normalized spacial score (nSPS) is 19.6. The molecule has 2 aromatic carbocycles. The van der Waals surface area contributed by atoms with Crippen molar-refractivity contribution in [3.05, 3.63) is 58.7 Å². The van der Waals surface area contributed by atoms with Crippen LogP contribution >= 0.6 is 11.8 Å². The lowest BCUT2D eigenvalue weighted by Gasteiger charge is -2.29. The Morgan fingerprint density at radius 3 is 2.03 bits per heavy atom. The van der Waals surface area contributed by atoms with Crippen LogP contribution in [0.5, 0.6) is 5.75 Å². The van der Waals surface area contributed by atoms with Crippen molar-refractivity contribution in [3.63, 3.8) is 0 Å². The number of carbonyl (C=O) groups excluding carboxylic acids is 2. The summed E-state index contributed by atoms with van der Waals surface area (Å²) in [6.45, 7) is 6.27. The van der Waals surface area contributed by atoms with Gasteiger partial charge < -0.3 is 5.11 Å². The first-order valence-electron chi connectivity index (χ1n) is 10.5. The van der Waals surface area contributed by atoms with Crippen molar-refractivity contribution in [2.45, 2.75) is 63.7 Å². The Kier molecular flexibility index (Phi) is 7.18. The van der Waals surface area contributed by atoms with Crippen molar-refractivity contribution in [1.82, 2.24) is 0 Å². The molecule has 0 saturated heterocycles. The van der Waals surface area contributed by atoms with Crippen molar-refractivity contribution >= 4 is 23.3 Å². The number of phenolic OH excluding ortho intramolecular Hbond substituents is 1. The molecule has 1 aliphatic carbocycles. The predicted molar refractivity (Wildman–Crippen MR) is 119 cm³/mol. The van der Waals surface area contributed by atoms with Crippen LogP contribution in [0.2, 0.25) is 0 Å². The van der Waals surface area contributed by atoms with Gasteiger partial charge in [0.25, 0.3) is 0 Å². The van der Waals surface area contributed by atoms with E-state index in [0.717, 1.165) is 46.6 Å². The van der Waals surface area contributed by atoms with Gasteiger partial charge >= 0.3 is 0 Å². The molecular weight excluding hydrogens is 380 g/mol. The van der Waals surface area contributed by atoms with Crippen LogP contribution in [0.3, 0.4) is 0 Å². The Bertz CT molecular complexity index is 842. The van der Waals surface area contributed by atoms with Gasteiger partial charge in [0.05, 0.1) is 0 Å². The van der Waals surface area contributed by atoms with Gasteiger partial charge in [-0.3, -0.25) is 9.59 Å². The standard InChI is InChI=1S/C25H30O3S/c1-4-18-12-16(3)13-19(5-2)24(18)25-22(27)14-17(15-23(25)28)10-11-29-21-8-6-20(26)7-9-21/h6-9,12-13,17,25-26H,4-5,10-11,14-15H2,1-3H3. The molecule has 0 amide bonds. The zero-order valence-electron chi connectivity index (χ0n) is 17.5. The lowest BCUT2D eigenvalue weighted by molar-refractivity contribution is -0.133. The van der Waals surface area contributed by atoms with E-state index in [1.54, 1.807) is 23.9 Å². The SMILES string of the molecule is CCc1cc(C)cc(CC)c1C1C(=O)CC(CCSc2ccc(O)cc2)CC1=O. The fourth-order valence-corrected chi connectivity index (χ4v) is 5.39. The summed E-state index contributed by atoms with van der Waals surface area (Å²) in [5.41, 5.74) is 4.49. The van der Waals surface area contributed by atoms with Crippen molar-refractivity contribution in [1.29, 1.82) is 0 Å². The second-order valence-electron chi connectivity index (χ2n) is 7.97. The number of rotatable bonds is 7. The Balaban J connectivity index is 1.68. The highest BCUT2D eigenvalue weighted by molar-refractivity contribution is 7.99. The summed E-state index contributed by atoms with van der Waals surface area (Å²) in [6.07, 6.45) is 3.52. The van der Waals surface area contributed by atoms with Crippen LogP contribution in [0.15, 0.2) is 41.3 Å². The van der Waals surface area contributed by atoms with E-state index in [1.807, 2.05) is 12.1 Å². The molecular formula is C25H30O3S. The van der Waals surface area contributed by atoms with E-state index >= 15 is 0 Å². The van der Waals surface area contributed by atoms with Crippen LogP contribution in [-0.2, 0) is 22.4 Å². The highest BCUT2D eigenvalue weighted by atomic mass is 32.2. The molecule has 1 fully saturated rings. The predicted octanol–water partition coefficient (Wildman–Crippen LogP) is 5.64. The first-order valence-corrected chi connectivity index (χ1v) is 11.5. The third-order valence-corrected chi connectivity index (χ3v) is 6.85. The van der Waals surface area contributed by atoms with Crippen LogP contribution in [0.4, 0.5) is 0 Å². The molecule has 3 nitrogen and oxygen atoms in total. The summed E-state index contributed by atoms with van der Waals surface area (Å²) in [4.78, 5) is 27.2. The molecule has 0 atom stereocenters. The molecule has 2 aromatic rings. The monoisotopic (exact) mass is 410 g/mol. The van der Waals surface area contributed by atoms with E-state index in [-0.39, 0.29) is 23.2 Å². The largest absolute Gasteiger partial charge is 0.508 e. The smallest absolute Gasteiger partial charge is 0.148 e. The van der Waals surface area contributed by atoms with E-state index in [9.17, 15) is 14.7 Å². The third-order valence-electron chi connectivity index (χ3n) is 5.80. The maximum Gasteiger partial charge on any atom is 0.148 e. The molecule has 29 heavy (non-hydrogen) atoms. The number of aryl methyl sites for hydroxylation is 3. The lowest BCUT2D eigenvalue weighted by Crippen LogP contribution is -2.33. The quantitative estimate of drug-likeness (QED) is 0.474. The molecule has 0 spiro atoms. The van der Waals surface area contributed by atoms with Crippen molar-refractivity contribution < 1.29 is 14.7 Å². The van der Waals surface area contributed by atoms with Gasteiger partial charge in [-0.2, -0.15) is 0 Å². The van der Waals surface area contributed by atoms with Gasteiger partial charge in [0.15, 0.2) is 0 Å². The highest BCUT2D eigenvalue weighted by Crippen LogP contribution is 2.37. The Labute approximate surface area is 177 Å². The van der Waals surface area contributed by atoms with Gasteiger partial charge in [-0.1, -0.05) is 31.5 Å². The van der Waals surface area contributed by atoms with Gasteiger partial charge in [0.1, 0.15) is 23.2 Å². The molecule has 1 saturated carbocycles. The highest BCUT2D eigenvalue weighted by Gasteiger charge is 2.38. The maximum absolute atomic E-state index is 13.1. The number of hydrogen-bond acceptors (Lipinski definition) is 4. The molecule has 3 rings (SSSR count). The molecule has 1 aliphatic rings. The van der Waals surface area contributed by atoms with Gasteiger partial charge in [0, 0.05) is 17.7 Å². The first-order chi connectivity index (χ1) is 13.9.